The fourth-order valence-electron chi connectivity index (χ4n) is 1.18. The predicted octanol–water partition coefficient (Wildman–Crippen LogP) is 2.88. The molecule has 76 valence electrons. The zero-order valence-corrected chi connectivity index (χ0v) is 8.18. The number of halogens is 3. The quantitative estimate of drug-likeness (QED) is 0.578. The monoisotopic (exact) mass is 219 g/mol. The molecule has 1 rings (SSSR count). The van der Waals surface area contributed by atoms with Gasteiger partial charge < -0.3 is 0 Å². The molecule has 0 unspecified atom stereocenters. The minimum Gasteiger partial charge on any atom is -0.298 e. The Bertz CT molecular complexity index is 355. The van der Waals surface area contributed by atoms with Crippen molar-refractivity contribution in [3.05, 3.63) is 28.6 Å². The van der Waals surface area contributed by atoms with E-state index < -0.39 is 6.43 Å². The molecule has 14 heavy (non-hydrogen) atoms. The fourth-order valence-corrected chi connectivity index (χ4v) is 1.54. The zero-order valence-electron chi connectivity index (χ0n) is 7.43. The summed E-state index contributed by atoms with van der Waals surface area (Å²) in [5.41, 5.74) is 0.666. The summed E-state index contributed by atoms with van der Waals surface area (Å²) in [5.74, 6) is 0.0299. The summed E-state index contributed by atoms with van der Waals surface area (Å²) in [6.07, 6.45) is -0.954. The summed E-state index contributed by atoms with van der Waals surface area (Å²) in [6, 6.07) is 0. The first kappa shape index (κ1) is 11.0. The van der Waals surface area contributed by atoms with Crippen molar-refractivity contribution in [2.24, 2.45) is 0 Å². The summed E-state index contributed by atoms with van der Waals surface area (Å²) in [6.45, 7) is 1.49. The molecule has 0 bridgehead atoms. The van der Waals surface area contributed by atoms with Gasteiger partial charge in [0.15, 0.2) is 6.29 Å². The van der Waals surface area contributed by atoms with Crippen molar-refractivity contribution >= 4 is 17.9 Å². The van der Waals surface area contributed by atoms with Crippen LogP contribution in [0.5, 0.6) is 0 Å². The first-order chi connectivity index (χ1) is 6.61. The Balaban J connectivity index is 3.34. The Kier molecular flexibility index (Phi) is 3.52. The minimum absolute atomic E-state index is 0.0299. The molecule has 0 spiro atoms. The Morgan fingerprint density at radius 3 is 2.71 bits per heavy atom. The highest BCUT2D eigenvalue weighted by atomic mass is 35.5. The second kappa shape index (κ2) is 4.46. The third-order valence-corrected chi connectivity index (χ3v) is 2.26. The number of carbonyl (C=O) groups excluding carboxylic acids is 1. The van der Waals surface area contributed by atoms with Crippen LogP contribution < -0.4 is 0 Å². The lowest BCUT2D eigenvalue weighted by molar-refractivity contribution is 0.112. The van der Waals surface area contributed by atoms with E-state index in [1.807, 2.05) is 0 Å². The second-order valence-corrected chi connectivity index (χ2v) is 3.02. The molecule has 0 aromatic carbocycles. The number of carbonyl (C=O) groups is 1. The number of hydrogen-bond donors (Lipinski definition) is 0. The molecule has 0 aliphatic rings. The van der Waals surface area contributed by atoms with Crippen LogP contribution in [0.15, 0.2) is 6.20 Å². The lowest BCUT2D eigenvalue weighted by Gasteiger charge is -2.09. The summed E-state index contributed by atoms with van der Waals surface area (Å²) >= 11 is 5.56. The molecule has 0 radical (unpaired) electrons. The number of aldehydes is 1. The highest BCUT2D eigenvalue weighted by Crippen LogP contribution is 2.25. The third-order valence-electron chi connectivity index (χ3n) is 2.00. The van der Waals surface area contributed by atoms with Crippen LogP contribution in [0.25, 0.3) is 0 Å². The van der Waals surface area contributed by atoms with Crippen molar-refractivity contribution in [2.75, 3.05) is 0 Å². The molecule has 0 aliphatic heterocycles. The van der Waals surface area contributed by atoms with Crippen LogP contribution in [0.3, 0.4) is 0 Å². The minimum atomic E-state index is -2.64. The molecular weight excluding hydrogens is 212 g/mol. The van der Waals surface area contributed by atoms with Crippen LogP contribution in [0.2, 0.25) is 0 Å². The molecule has 0 aliphatic carbocycles. The van der Waals surface area contributed by atoms with Gasteiger partial charge in [-0.15, -0.1) is 11.6 Å². The number of aromatic nitrogens is 1. The van der Waals surface area contributed by atoms with Gasteiger partial charge in [0.1, 0.15) is 5.69 Å². The Morgan fingerprint density at radius 1 is 1.64 bits per heavy atom. The van der Waals surface area contributed by atoms with Crippen LogP contribution in [-0.4, -0.2) is 11.3 Å². The standard InChI is InChI=1S/C9H8ClF2NO/c1-5-7(2-10)6(4-14)3-13-8(5)9(11)12/h3-4,9H,2H2,1H3. The maximum absolute atomic E-state index is 12.4. The summed E-state index contributed by atoms with van der Waals surface area (Å²) in [4.78, 5) is 14.1. The Morgan fingerprint density at radius 2 is 2.29 bits per heavy atom. The van der Waals surface area contributed by atoms with E-state index >= 15 is 0 Å². The van der Waals surface area contributed by atoms with Gasteiger partial charge in [0.25, 0.3) is 6.43 Å². The Labute approximate surface area is 84.9 Å². The molecule has 0 fully saturated rings. The van der Waals surface area contributed by atoms with Crippen LogP contribution in [0.4, 0.5) is 8.78 Å². The van der Waals surface area contributed by atoms with Gasteiger partial charge in [0.2, 0.25) is 0 Å². The summed E-state index contributed by atoms with van der Waals surface area (Å²) in [7, 11) is 0. The summed E-state index contributed by atoms with van der Waals surface area (Å²) in [5, 5.41) is 0. The number of alkyl halides is 3. The van der Waals surface area contributed by atoms with Crippen molar-refractivity contribution in [3.8, 4) is 0 Å². The zero-order chi connectivity index (χ0) is 10.7. The highest BCUT2D eigenvalue weighted by molar-refractivity contribution is 6.17. The van der Waals surface area contributed by atoms with Gasteiger partial charge >= 0.3 is 0 Å². The van der Waals surface area contributed by atoms with Crippen molar-refractivity contribution in [1.29, 1.82) is 0 Å². The molecule has 2 nitrogen and oxygen atoms in total. The molecule has 1 aromatic rings. The Hall–Kier alpha value is -1.03. The van der Waals surface area contributed by atoms with Crippen LogP contribution in [0.1, 0.15) is 33.6 Å². The van der Waals surface area contributed by atoms with E-state index in [0.29, 0.717) is 17.4 Å². The smallest absolute Gasteiger partial charge is 0.280 e. The van der Waals surface area contributed by atoms with Crippen LogP contribution in [0, 0.1) is 6.92 Å². The summed E-state index contributed by atoms with van der Waals surface area (Å²) < 4.78 is 24.8. The molecule has 1 heterocycles. The van der Waals surface area contributed by atoms with E-state index in [4.69, 9.17) is 11.6 Å². The van der Waals surface area contributed by atoms with E-state index in [0.717, 1.165) is 6.20 Å². The molecule has 1 aromatic heterocycles. The average Bonchev–Trinajstić information content (AvgIpc) is 2.16. The van der Waals surface area contributed by atoms with Gasteiger partial charge in [-0.1, -0.05) is 0 Å². The molecule has 0 saturated carbocycles. The van der Waals surface area contributed by atoms with Crippen molar-refractivity contribution in [2.45, 2.75) is 19.2 Å². The molecule has 0 atom stereocenters. The molecule has 0 saturated heterocycles. The van der Waals surface area contributed by atoms with E-state index in [-0.39, 0.29) is 17.1 Å². The SMILES string of the molecule is Cc1c(C(F)F)ncc(C=O)c1CCl. The lowest BCUT2D eigenvalue weighted by Crippen LogP contribution is -2.02. The topological polar surface area (TPSA) is 30.0 Å². The first-order valence-corrected chi connectivity index (χ1v) is 4.43. The number of pyridine rings is 1. The maximum atomic E-state index is 12.4. The lowest BCUT2D eigenvalue weighted by atomic mass is 10.0. The van der Waals surface area contributed by atoms with Gasteiger partial charge in [-0.2, -0.15) is 0 Å². The molecule has 0 amide bonds. The number of rotatable bonds is 3. The number of nitrogens with zero attached hydrogens (tertiary/aromatic N) is 1. The normalized spacial score (nSPS) is 10.6. The van der Waals surface area contributed by atoms with E-state index in [1.54, 1.807) is 0 Å². The van der Waals surface area contributed by atoms with Gasteiger partial charge in [-0.05, 0) is 18.1 Å². The molecule has 0 N–H and O–H groups in total. The van der Waals surface area contributed by atoms with Gasteiger partial charge in [0, 0.05) is 17.6 Å². The van der Waals surface area contributed by atoms with E-state index in [1.165, 1.54) is 6.92 Å². The predicted molar refractivity (Wildman–Crippen MR) is 48.9 cm³/mol. The largest absolute Gasteiger partial charge is 0.298 e. The van der Waals surface area contributed by atoms with E-state index in [9.17, 15) is 13.6 Å². The highest BCUT2D eigenvalue weighted by Gasteiger charge is 2.16. The van der Waals surface area contributed by atoms with Crippen LogP contribution >= 0.6 is 11.6 Å². The number of hydrogen-bond acceptors (Lipinski definition) is 2. The second-order valence-electron chi connectivity index (χ2n) is 2.75. The van der Waals surface area contributed by atoms with Crippen molar-refractivity contribution in [3.63, 3.8) is 0 Å². The third kappa shape index (κ3) is 1.90. The van der Waals surface area contributed by atoms with Gasteiger partial charge in [0.05, 0.1) is 0 Å². The van der Waals surface area contributed by atoms with Crippen LogP contribution in [-0.2, 0) is 5.88 Å². The molecular formula is C9H8ClF2NO. The van der Waals surface area contributed by atoms with Gasteiger partial charge in [-0.25, -0.2) is 8.78 Å². The average molecular weight is 220 g/mol. The van der Waals surface area contributed by atoms with E-state index in [2.05, 4.69) is 4.98 Å². The van der Waals surface area contributed by atoms with Crippen molar-refractivity contribution in [1.82, 2.24) is 4.98 Å². The first-order valence-electron chi connectivity index (χ1n) is 3.89. The molecule has 5 heteroatoms. The van der Waals surface area contributed by atoms with Crippen molar-refractivity contribution < 1.29 is 13.6 Å². The fraction of sp³-hybridized carbons (Fsp3) is 0.333. The maximum Gasteiger partial charge on any atom is 0.280 e. The van der Waals surface area contributed by atoms with Gasteiger partial charge in [-0.3, -0.25) is 9.78 Å².